The van der Waals surface area contributed by atoms with Crippen LogP contribution in [-0.4, -0.2) is 46.7 Å². The minimum Gasteiger partial charge on any atom is -0.489 e. The van der Waals surface area contributed by atoms with Crippen molar-refractivity contribution in [2.45, 2.75) is 32.4 Å². The highest BCUT2D eigenvalue weighted by Crippen LogP contribution is 2.33. The summed E-state index contributed by atoms with van der Waals surface area (Å²) in [5.41, 5.74) is -0.106. The molecule has 6 nitrogen and oxygen atoms in total. The van der Waals surface area contributed by atoms with Crippen LogP contribution in [0, 0.1) is 0 Å². The molecule has 23 heavy (non-hydrogen) atoms. The third-order valence-corrected chi connectivity index (χ3v) is 3.66. The van der Waals surface area contributed by atoms with Crippen LogP contribution in [0.4, 0.5) is 10.5 Å². The molecule has 0 aromatic heterocycles. The molecule has 1 atom stereocenters. The van der Waals surface area contributed by atoms with Crippen molar-refractivity contribution in [2.24, 2.45) is 0 Å². The Morgan fingerprint density at radius 1 is 1.48 bits per heavy atom. The Morgan fingerprint density at radius 2 is 2.13 bits per heavy atom. The quantitative estimate of drug-likeness (QED) is 0.870. The van der Waals surface area contributed by atoms with Crippen LogP contribution in [0.25, 0.3) is 0 Å². The highest BCUT2D eigenvalue weighted by Gasteiger charge is 2.42. The third-order valence-electron chi connectivity index (χ3n) is 3.66. The Labute approximate surface area is 136 Å². The van der Waals surface area contributed by atoms with Crippen LogP contribution in [0.5, 0.6) is 5.75 Å². The van der Waals surface area contributed by atoms with Crippen LogP contribution in [0.1, 0.15) is 20.8 Å². The largest absolute Gasteiger partial charge is 0.489 e. The summed E-state index contributed by atoms with van der Waals surface area (Å²) in [4.78, 5) is 27.4. The minimum absolute atomic E-state index is 0.0208. The van der Waals surface area contributed by atoms with Gasteiger partial charge in [-0.25, -0.2) is 4.79 Å². The van der Waals surface area contributed by atoms with Crippen molar-refractivity contribution in [3.05, 3.63) is 36.9 Å². The molecule has 0 bridgehead atoms. The normalized spacial score (nSPS) is 17.8. The summed E-state index contributed by atoms with van der Waals surface area (Å²) in [6.45, 7) is 9.21. The van der Waals surface area contributed by atoms with Crippen LogP contribution in [-0.2, 0) is 4.79 Å². The molecular formula is C17H22N2O4. The molecule has 0 radical (unpaired) electrons. The summed E-state index contributed by atoms with van der Waals surface area (Å²) in [5.74, 6) is 0.247. The predicted molar refractivity (Wildman–Crippen MR) is 87.9 cm³/mol. The molecule has 1 aromatic rings. The fraction of sp³-hybridized carbons (Fsp3) is 0.412. The number of ether oxygens (including phenoxy) is 1. The number of anilines is 1. The molecule has 0 aliphatic carbocycles. The molecular weight excluding hydrogens is 296 g/mol. The topological polar surface area (TPSA) is 70.1 Å². The average Bonchev–Trinajstić information content (AvgIpc) is 2.58. The first-order valence-corrected chi connectivity index (χ1v) is 7.43. The zero-order valence-electron chi connectivity index (χ0n) is 13.7. The van der Waals surface area contributed by atoms with Gasteiger partial charge in [0.15, 0.2) is 0 Å². The molecule has 124 valence electrons. The maximum Gasteiger partial charge on any atom is 0.408 e. The van der Waals surface area contributed by atoms with Gasteiger partial charge >= 0.3 is 6.09 Å². The van der Waals surface area contributed by atoms with E-state index in [-0.39, 0.29) is 19.1 Å². The first-order chi connectivity index (χ1) is 10.8. The highest BCUT2D eigenvalue weighted by molar-refractivity contribution is 6.00. The van der Waals surface area contributed by atoms with Crippen molar-refractivity contribution in [3.63, 3.8) is 0 Å². The average molecular weight is 318 g/mol. The number of carbonyl (C=O) groups is 2. The Kier molecular flexibility index (Phi) is 4.63. The Morgan fingerprint density at radius 3 is 2.70 bits per heavy atom. The van der Waals surface area contributed by atoms with E-state index in [1.165, 1.54) is 4.90 Å². The molecule has 1 aliphatic rings. The van der Waals surface area contributed by atoms with Gasteiger partial charge in [-0.1, -0.05) is 18.2 Å². The van der Waals surface area contributed by atoms with Gasteiger partial charge in [-0.15, -0.1) is 6.58 Å². The molecule has 0 fully saturated rings. The van der Waals surface area contributed by atoms with Crippen LogP contribution in [0.15, 0.2) is 36.9 Å². The van der Waals surface area contributed by atoms with Crippen molar-refractivity contribution < 1.29 is 19.4 Å². The van der Waals surface area contributed by atoms with Gasteiger partial charge in [-0.05, 0) is 32.9 Å². The molecule has 0 spiro atoms. The Bertz CT molecular complexity index is 621. The van der Waals surface area contributed by atoms with Gasteiger partial charge in [0, 0.05) is 12.1 Å². The number of para-hydroxylation sites is 2. The molecule has 1 N–H and O–H groups in total. The molecule has 1 aromatic carbocycles. The molecule has 0 unspecified atom stereocenters. The van der Waals surface area contributed by atoms with E-state index in [1.54, 1.807) is 39.0 Å². The number of fused-ring (bicyclic) bond motifs is 1. The molecule has 1 heterocycles. The van der Waals surface area contributed by atoms with E-state index in [0.29, 0.717) is 11.4 Å². The number of hydrogen-bond acceptors (Lipinski definition) is 3. The van der Waals surface area contributed by atoms with Gasteiger partial charge < -0.3 is 14.7 Å². The van der Waals surface area contributed by atoms with Crippen molar-refractivity contribution in [2.75, 3.05) is 18.1 Å². The number of carbonyl (C=O) groups excluding carboxylic acids is 1. The highest BCUT2D eigenvalue weighted by atomic mass is 16.5. The van der Waals surface area contributed by atoms with Crippen molar-refractivity contribution in [1.82, 2.24) is 4.90 Å². The lowest BCUT2D eigenvalue weighted by atomic mass is 10.0. The second kappa shape index (κ2) is 6.32. The van der Waals surface area contributed by atoms with E-state index < -0.39 is 17.7 Å². The van der Waals surface area contributed by atoms with Crippen molar-refractivity contribution in [3.8, 4) is 5.75 Å². The number of amides is 2. The van der Waals surface area contributed by atoms with Gasteiger partial charge in [0.25, 0.3) is 5.91 Å². The van der Waals surface area contributed by atoms with Gasteiger partial charge in [0.2, 0.25) is 0 Å². The smallest absolute Gasteiger partial charge is 0.408 e. The Balaban J connectivity index is 2.48. The van der Waals surface area contributed by atoms with Gasteiger partial charge in [0.1, 0.15) is 18.4 Å². The van der Waals surface area contributed by atoms with Crippen LogP contribution < -0.4 is 9.64 Å². The Hall–Kier alpha value is -2.50. The molecule has 2 amide bonds. The first-order valence-electron chi connectivity index (χ1n) is 7.43. The summed E-state index contributed by atoms with van der Waals surface area (Å²) in [5, 5.41) is 9.58. The summed E-state index contributed by atoms with van der Waals surface area (Å²) >= 11 is 0. The summed E-state index contributed by atoms with van der Waals surface area (Å²) in [6.07, 6.45) is 0.461. The number of hydrogen-bond donors (Lipinski definition) is 1. The fourth-order valence-electron chi connectivity index (χ4n) is 2.73. The van der Waals surface area contributed by atoms with Crippen molar-refractivity contribution >= 4 is 17.7 Å². The summed E-state index contributed by atoms with van der Waals surface area (Å²) < 4.78 is 5.73. The maximum absolute atomic E-state index is 13.0. The second-order valence-corrected chi connectivity index (χ2v) is 6.36. The lowest BCUT2D eigenvalue weighted by Gasteiger charge is -2.38. The van der Waals surface area contributed by atoms with E-state index in [0.717, 1.165) is 4.90 Å². The lowest BCUT2D eigenvalue weighted by molar-refractivity contribution is -0.125. The second-order valence-electron chi connectivity index (χ2n) is 6.36. The van der Waals surface area contributed by atoms with E-state index in [9.17, 15) is 14.7 Å². The van der Waals surface area contributed by atoms with E-state index in [4.69, 9.17) is 4.74 Å². The van der Waals surface area contributed by atoms with Gasteiger partial charge in [-0.3, -0.25) is 9.69 Å². The van der Waals surface area contributed by atoms with E-state index in [2.05, 4.69) is 6.58 Å². The standard InChI is InChI=1S/C17H22N2O4/c1-5-10-18-12-8-6-7-9-14(12)23-11-13(15(18)20)19(16(21)22)17(2,3)4/h5-9,13H,1,10-11H2,2-4H3,(H,21,22)/t13-/m0/s1. The predicted octanol–water partition coefficient (Wildman–Crippen LogP) is 2.75. The van der Waals surface area contributed by atoms with Crippen LogP contribution >= 0.6 is 0 Å². The molecule has 0 saturated carbocycles. The summed E-state index contributed by atoms with van der Waals surface area (Å²) in [7, 11) is 0. The summed E-state index contributed by atoms with van der Waals surface area (Å²) in [6, 6.07) is 6.25. The maximum atomic E-state index is 13.0. The number of carboxylic acid groups (broad SMARTS) is 1. The third kappa shape index (κ3) is 3.31. The van der Waals surface area contributed by atoms with Crippen molar-refractivity contribution in [1.29, 1.82) is 0 Å². The molecule has 0 saturated heterocycles. The van der Waals surface area contributed by atoms with Crippen LogP contribution in [0.3, 0.4) is 0 Å². The SMILES string of the molecule is C=CCN1C(=O)[C@@H](N(C(=O)O)C(C)(C)C)COc2ccccc21. The lowest BCUT2D eigenvalue weighted by Crippen LogP contribution is -2.59. The van der Waals surface area contributed by atoms with Gasteiger partial charge in [0.05, 0.1) is 5.69 Å². The zero-order chi connectivity index (χ0) is 17.2. The molecule has 1 aliphatic heterocycles. The number of nitrogens with zero attached hydrogens (tertiary/aromatic N) is 2. The van der Waals surface area contributed by atoms with E-state index >= 15 is 0 Å². The molecule has 6 heteroatoms. The zero-order valence-corrected chi connectivity index (χ0v) is 13.7. The fourth-order valence-corrected chi connectivity index (χ4v) is 2.73. The number of benzene rings is 1. The number of rotatable bonds is 3. The molecule has 2 rings (SSSR count). The van der Waals surface area contributed by atoms with Crippen LogP contribution in [0.2, 0.25) is 0 Å². The minimum atomic E-state index is -1.15. The first kappa shape index (κ1) is 16.9. The monoisotopic (exact) mass is 318 g/mol. The van der Waals surface area contributed by atoms with E-state index in [1.807, 2.05) is 12.1 Å². The van der Waals surface area contributed by atoms with Gasteiger partial charge in [-0.2, -0.15) is 0 Å².